The van der Waals surface area contributed by atoms with E-state index < -0.39 is 0 Å². The summed E-state index contributed by atoms with van der Waals surface area (Å²) in [5.74, 6) is -0.0938. The number of likely N-dealkylation sites (tertiary alicyclic amines) is 1. The highest BCUT2D eigenvalue weighted by molar-refractivity contribution is 5.77. The first-order chi connectivity index (χ1) is 8.54. The van der Waals surface area contributed by atoms with Crippen LogP contribution in [0.1, 0.15) is 36.9 Å². The first kappa shape index (κ1) is 13.0. The predicted octanol–water partition coefficient (Wildman–Crippen LogP) is 2.14. The lowest BCUT2D eigenvalue weighted by Crippen LogP contribution is -2.48. The highest BCUT2D eigenvalue weighted by Gasteiger charge is 2.33. The number of carbonyl (C=O) groups excluding carboxylic acids is 1. The van der Waals surface area contributed by atoms with Gasteiger partial charge in [-0.3, -0.25) is 4.79 Å². The summed E-state index contributed by atoms with van der Waals surface area (Å²) in [6, 6.07) is 4.77. The summed E-state index contributed by atoms with van der Waals surface area (Å²) in [5.41, 5.74) is 7.66. The minimum atomic E-state index is -0.225. The SMILES string of the molecule is CCN1C(=O)CCC(N)C1c1ccc(F)c(C)c1. The van der Waals surface area contributed by atoms with Crippen molar-refractivity contribution in [2.45, 2.75) is 38.8 Å². The maximum Gasteiger partial charge on any atom is 0.223 e. The van der Waals surface area contributed by atoms with Gasteiger partial charge in [0.2, 0.25) is 5.91 Å². The number of hydrogen-bond donors (Lipinski definition) is 1. The van der Waals surface area contributed by atoms with Crippen LogP contribution >= 0.6 is 0 Å². The average molecular weight is 250 g/mol. The number of aryl methyl sites for hydroxylation is 1. The molecule has 0 saturated carbocycles. The van der Waals surface area contributed by atoms with E-state index in [0.29, 0.717) is 24.9 Å². The summed E-state index contributed by atoms with van der Waals surface area (Å²) in [5, 5.41) is 0. The van der Waals surface area contributed by atoms with Crippen molar-refractivity contribution in [3.8, 4) is 0 Å². The molecule has 1 saturated heterocycles. The number of carbonyl (C=O) groups is 1. The Hall–Kier alpha value is -1.42. The van der Waals surface area contributed by atoms with Gasteiger partial charge in [-0.1, -0.05) is 12.1 Å². The molecule has 18 heavy (non-hydrogen) atoms. The Bertz CT molecular complexity index is 461. The third-order valence-corrected chi connectivity index (χ3v) is 3.62. The summed E-state index contributed by atoms with van der Waals surface area (Å²) in [6.07, 6.45) is 1.20. The molecule has 0 radical (unpaired) electrons. The Morgan fingerprint density at radius 1 is 1.50 bits per heavy atom. The van der Waals surface area contributed by atoms with Crippen molar-refractivity contribution in [3.05, 3.63) is 35.1 Å². The molecule has 1 aromatic carbocycles. The highest BCUT2D eigenvalue weighted by Crippen LogP contribution is 2.31. The highest BCUT2D eigenvalue weighted by atomic mass is 19.1. The standard InChI is InChI=1S/C14H19FN2O/c1-3-17-13(18)7-6-12(16)14(17)10-4-5-11(15)9(2)8-10/h4-5,8,12,14H,3,6-7,16H2,1-2H3. The lowest BCUT2D eigenvalue weighted by atomic mass is 9.90. The number of amides is 1. The lowest BCUT2D eigenvalue weighted by molar-refractivity contribution is -0.137. The zero-order valence-corrected chi connectivity index (χ0v) is 10.8. The van der Waals surface area contributed by atoms with Crippen molar-refractivity contribution >= 4 is 5.91 Å². The van der Waals surface area contributed by atoms with Gasteiger partial charge >= 0.3 is 0 Å². The van der Waals surface area contributed by atoms with Crippen molar-refractivity contribution in [2.24, 2.45) is 5.73 Å². The van der Waals surface area contributed by atoms with Gasteiger partial charge in [0, 0.05) is 19.0 Å². The van der Waals surface area contributed by atoms with Crippen LogP contribution in [-0.2, 0) is 4.79 Å². The monoisotopic (exact) mass is 250 g/mol. The molecule has 1 heterocycles. The van der Waals surface area contributed by atoms with E-state index in [-0.39, 0.29) is 23.8 Å². The minimum Gasteiger partial charge on any atom is -0.334 e. The van der Waals surface area contributed by atoms with Gasteiger partial charge in [0.25, 0.3) is 0 Å². The molecule has 2 rings (SSSR count). The van der Waals surface area contributed by atoms with E-state index in [0.717, 1.165) is 5.56 Å². The molecule has 0 aromatic heterocycles. The number of hydrogen-bond acceptors (Lipinski definition) is 2. The first-order valence-electron chi connectivity index (χ1n) is 6.35. The van der Waals surface area contributed by atoms with Crippen LogP contribution in [0.25, 0.3) is 0 Å². The van der Waals surface area contributed by atoms with Crippen LogP contribution in [0.5, 0.6) is 0 Å². The molecule has 4 heteroatoms. The number of piperidine rings is 1. The van der Waals surface area contributed by atoms with Crippen molar-refractivity contribution in [2.75, 3.05) is 6.54 Å². The van der Waals surface area contributed by atoms with Gasteiger partial charge in [0.15, 0.2) is 0 Å². The van der Waals surface area contributed by atoms with Crippen LogP contribution < -0.4 is 5.73 Å². The summed E-state index contributed by atoms with van der Waals surface area (Å²) in [4.78, 5) is 13.7. The molecule has 0 aliphatic carbocycles. The number of rotatable bonds is 2. The fourth-order valence-electron chi connectivity index (χ4n) is 2.63. The van der Waals surface area contributed by atoms with Gasteiger partial charge in [-0.15, -0.1) is 0 Å². The molecule has 0 spiro atoms. The third kappa shape index (κ3) is 2.25. The van der Waals surface area contributed by atoms with Crippen LogP contribution in [0.4, 0.5) is 4.39 Å². The zero-order valence-electron chi connectivity index (χ0n) is 10.8. The average Bonchev–Trinajstić information content (AvgIpc) is 2.35. The predicted molar refractivity (Wildman–Crippen MR) is 68.5 cm³/mol. The summed E-state index contributed by atoms with van der Waals surface area (Å²) in [6.45, 7) is 4.30. The molecular weight excluding hydrogens is 231 g/mol. The second-order valence-electron chi connectivity index (χ2n) is 4.84. The molecule has 2 unspecified atom stereocenters. The number of halogens is 1. The van der Waals surface area contributed by atoms with Gasteiger partial charge < -0.3 is 10.6 Å². The fraction of sp³-hybridized carbons (Fsp3) is 0.500. The van der Waals surface area contributed by atoms with Gasteiger partial charge in [-0.2, -0.15) is 0 Å². The molecule has 0 bridgehead atoms. The van der Waals surface area contributed by atoms with E-state index in [4.69, 9.17) is 5.73 Å². The van der Waals surface area contributed by atoms with Crippen molar-refractivity contribution in [1.29, 1.82) is 0 Å². The lowest BCUT2D eigenvalue weighted by Gasteiger charge is -2.39. The summed E-state index contributed by atoms with van der Waals surface area (Å²) < 4.78 is 13.3. The molecule has 3 nitrogen and oxygen atoms in total. The topological polar surface area (TPSA) is 46.3 Å². The van der Waals surface area contributed by atoms with Crippen molar-refractivity contribution < 1.29 is 9.18 Å². The first-order valence-corrected chi connectivity index (χ1v) is 6.35. The summed E-state index contributed by atoms with van der Waals surface area (Å²) >= 11 is 0. The maximum atomic E-state index is 13.3. The summed E-state index contributed by atoms with van der Waals surface area (Å²) in [7, 11) is 0. The second kappa shape index (κ2) is 5.06. The Morgan fingerprint density at radius 3 is 2.83 bits per heavy atom. The Labute approximate surface area is 107 Å². The van der Waals surface area contributed by atoms with Crippen LogP contribution in [0, 0.1) is 12.7 Å². The Morgan fingerprint density at radius 2 is 2.22 bits per heavy atom. The van der Waals surface area contributed by atoms with E-state index >= 15 is 0 Å². The second-order valence-corrected chi connectivity index (χ2v) is 4.84. The molecule has 98 valence electrons. The number of benzene rings is 1. The fourth-order valence-corrected chi connectivity index (χ4v) is 2.63. The molecule has 1 aliphatic rings. The maximum absolute atomic E-state index is 13.3. The zero-order chi connectivity index (χ0) is 13.3. The van der Waals surface area contributed by atoms with E-state index in [1.54, 1.807) is 24.0 Å². The van der Waals surface area contributed by atoms with Gasteiger partial charge in [-0.25, -0.2) is 4.39 Å². The van der Waals surface area contributed by atoms with E-state index in [1.807, 2.05) is 6.92 Å². The molecular formula is C14H19FN2O. The molecule has 1 fully saturated rings. The quantitative estimate of drug-likeness (QED) is 0.874. The molecule has 1 amide bonds. The largest absolute Gasteiger partial charge is 0.334 e. The van der Waals surface area contributed by atoms with Crippen LogP contribution in [0.3, 0.4) is 0 Å². The Kier molecular flexibility index (Phi) is 3.66. The van der Waals surface area contributed by atoms with E-state index in [2.05, 4.69) is 0 Å². The van der Waals surface area contributed by atoms with Gasteiger partial charge in [0.1, 0.15) is 5.82 Å². The molecule has 2 N–H and O–H groups in total. The molecule has 1 aromatic rings. The Balaban J connectivity index is 2.38. The van der Waals surface area contributed by atoms with Crippen molar-refractivity contribution in [1.82, 2.24) is 4.90 Å². The molecule has 2 atom stereocenters. The van der Waals surface area contributed by atoms with E-state index in [1.165, 1.54) is 6.07 Å². The number of nitrogens with two attached hydrogens (primary N) is 1. The van der Waals surface area contributed by atoms with Crippen LogP contribution in [0.2, 0.25) is 0 Å². The van der Waals surface area contributed by atoms with Crippen molar-refractivity contribution in [3.63, 3.8) is 0 Å². The smallest absolute Gasteiger partial charge is 0.223 e. The third-order valence-electron chi connectivity index (χ3n) is 3.62. The van der Waals surface area contributed by atoms with E-state index in [9.17, 15) is 9.18 Å². The number of likely N-dealkylation sites (N-methyl/N-ethyl adjacent to an activating group) is 1. The van der Waals surface area contributed by atoms with Gasteiger partial charge in [-0.05, 0) is 37.5 Å². The van der Waals surface area contributed by atoms with Crippen LogP contribution in [-0.4, -0.2) is 23.4 Å². The number of nitrogens with zero attached hydrogens (tertiary/aromatic N) is 1. The van der Waals surface area contributed by atoms with Gasteiger partial charge in [0.05, 0.1) is 6.04 Å². The normalized spacial score (nSPS) is 24.4. The van der Waals surface area contributed by atoms with Crippen LogP contribution in [0.15, 0.2) is 18.2 Å². The minimum absolute atomic E-state index is 0.0764. The molecule has 1 aliphatic heterocycles.